The fraction of sp³-hybridized carbons (Fsp3) is 0.333. The van der Waals surface area contributed by atoms with Gasteiger partial charge in [0.05, 0.1) is 33.3 Å². The van der Waals surface area contributed by atoms with Gasteiger partial charge in [0.25, 0.3) is 5.89 Å². The molecule has 0 radical (unpaired) electrons. The van der Waals surface area contributed by atoms with Gasteiger partial charge in [-0.15, -0.1) is 10.2 Å². The highest BCUT2D eigenvalue weighted by molar-refractivity contribution is 9.10. The highest BCUT2D eigenvalue weighted by atomic mass is 79.9. The van der Waals surface area contributed by atoms with E-state index >= 15 is 0 Å². The minimum absolute atomic E-state index is 0.0828. The van der Waals surface area contributed by atoms with Crippen molar-refractivity contribution in [2.75, 3.05) is 13.1 Å². The average Bonchev–Trinajstić information content (AvgIpc) is 3.42. The summed E-state index contributed by atoms with van der Waals surface area (Å²) in [4.78, 5) is 19.0. The summed E-state index contributed by atoms with van der Waals surface area (Å²) in [6.45, 7) is 2.59. The predicted octanol–water partition coefficient (Wildman–Crippen LogP) is 4.42. The monoisotopic (exact) mass is 524 g/mol. The Balaban J connectivity index is 0.000000376. The van der Waals surface area contributed by atoms with E-state index in [0.717, 1.165) is 0 Å². The van der Waals surface area contributed by atoms with Crippen molar-refractivity contribution in [1.29, 1.82) is 0 Å². The number of hydrogen-bond acceptors (Lipinski definition) is 6. The molecule has 3 aromatic heterocycles. The van der Waals surface area contributed by atoms with Crippen molar-refractivity contribution >= 4 is 27.0 Å². The molecule has 1 aromatic carbocycles. The van der Waals surface area contributed by atoms with Gasteiger partial charge in [0.15, 0.2) is 0 Å². The van der Waals surface area contributed by atoms with Crippen LogP contribution in [0.15, 0.2) is 44.1 Å². The fourth-order valence-corrected chi connectivity index (χ4v) is 3.70. The second-order valence-electron chi connectivity index (χ2n) is 7.39. The van der Waals surface area contributed by atoms with Gasteiger partial charge in [-0.3, -0.25) is 9.55 Å². The first-order chi connectivity index (χ1) is 15.9. The third kappa shape index (κ3) is 5.50. The van der Waals surface area contributed by atoms with Crippen LogP contribution in [0.1, 0.15) is 37.3 Å². The number of nitrogens with one attached hydrogen (secondary N) is 2. The quantitative estimate of drug-likeness (QED) is 0.409. The van der Waals surface area contributed by atoms with Gasteiger partial charge >= 0.3 is 12.1 Å². The van der Waals surface area contributed by atoms with Gasteiger partial charge in [-0.2, -0.15) is 8.78 Å². The molecule has 0 atom stereocenters. The molecule has 1 aliphatic rings. The van der Waals surface area contributed by atoms with Crippen LogP contribution in [0.2, 0.25) is 0 Å². The van der Waals surface area contributed by atoms with E-state index < -0.39 is 23.8 Å². The normalized spacial score (nSPS) is 13.8. The summed E-state index contributed by atoms with van der Waals surface area (Å²) in [7, 11) is 0. The van der Waals surface area contributed by atoms with Crippen LogP contribution in [0.3, 0.4) is 0 Å². The van der Waals surface area contributed by atoms with Gasteiger partial charge in [0.1, 0.15) is 5.82 Å². The van der Waals surface area contributed by atoms with Crippen molar-refractivity contribution < 1.29 is 17.6 Å². The number of imidazole rings is 1. The standard InChI is InChI=1S/C16H9BrF3N5O2.C5H11N/c17-9-3-11-12(4-10(9)18)25(16(26)22-11)6-8-2-1-7(5-21-8)14-23-24-15(27-14)13(19)20;1-2-4-6-5-3-1/h1-5,13H,6H2,(H,22,26);6H,1-5H2. The zero-order valence-electron chi connectivity index (χ0n) is 17.3. The molecule has 2 N–H and O–H groups in total. The number of piperidine rings is 1. The summed E-state index contributed by atoms with van der Waals surface area (Å²) in [5.41, 5.74) is 1.32. The number of pyridine rings is 1. The molecule has 4 heterocycles. The summed E-state index contributed by atoms with van der Waals surface area (Å²) in [5.74, 6) is -1.35. The van der Waals surface area contributed by atoms with Crippen LogP contribution in [-0.2, 0) is 6.54 Å². The molecule has 4 aromatic rings. The van der Waals surface area contributed by atoms with Gasteiger partial charge in [-0.05, 0) is 60.1 Å². The molecule has 0 bridgehead atoms. The molecule has 0 aliphatic carbocycles. The number of H-pyrrole nitrogens is 1. The Morgan fingerprint density at radius 1 is 1.15 bits per heavy atom. The molecule has 0 saturated carbocycles. The maximum Gasteiger partial charge on any atom is 0.326 e. The second kappa shape index (κ2) is 10.3. The zero-order chi connectivity index (χ0) is 23.4. The number of benzene rings is 1. The lowest BCUT2D eigenvalue weighted by molar-refractivity contribution is 0.116. The lowest BCUT2D eigenvalue weighted by atomic mass is 10.2. The highest BCUT2D eigenvalue weighted by Crippen LogP contribution is 2.24. The largest absolute Gasteiger partial charge is 0.415 e. The third-order valence-corrected chi connectivity index (χ3v) is 5.65. The maximum atomic E-state index is 13.8. The molecule has 12 heteroatoms. The molecular weight excluding hydrogens is 505 g/mol. The van der Waals surface area contributed by atoms with Crippen LogP contribution in [-0.4, -0.2) is 37.8 Å². The first-order valence-corrected chi connectivity index (χ1v) is 11.1. The van der Waals surface area contributed by atoms with Gasteiger partial charge in [-0.1, -0.05) is 6.42 Å². The number of rotatable bonds is 4. The van der Waals surface area contributed by atoms with Crippen molar-refractivity contribution in [3.05, 3.63) is 62.8 Å². The molecule has 0 unspecified atom stereocenters. The van der Waals surface area contributed by atoms with Crippen molar-refractivity contribution in [2.24, 2.45) is 0 Å². The predicted molar refractivity (Wildman–Crippen MR) is 119 cm³/mol. The van der Waals surface area contributed by atoms with E-state index in [4.69, 9.17) is 4.42 Å². The number of alkyl halides is 2. The van der Waals surface area contributed by atoms with E-state index in [1.807, 2.05) is 0 Å². The zero-order valence-corrected chi connectivity index (χ0v) is 18.9. The van der Waals surface area contributed by atoms with Gasteiger partial charge in [0.2, 0.25) is 5.89 Å². The topological polar surface area (TPSA) is 102 Å². The van der Waals surface area contributed by atoms with Gasteiger partial charge < -0.3 is 14.7 Å². The van der Waals surface area contributed by atoms with E-state index in [9.17, 15) is 18.0 Å². The van der Waals surface area contributed by atoms with E-state index in [1.54, 1.807) is 12.1 Å². The lowest BCUT2D eigenvalue weighted by Gasteiger charge is -2.08. The summed E-state index contributed by atoms with van der Waals surface area (Å²) in [6.07, 6.45) is 2.73. The van der Waals surface area contributed by atoms with Crippen LogP contribution >= 0.6 is 15.9 Å². The Kier molecular flexibility index (Phi) is 7.23. The van der Waals surface area contributed by atoms with Crippen LogP contribution < -0.4 is 11.0 Å². The SMILES string of the molecule is C1CCNCC1.O=c1[nH]c2cc(Br)c(F)cc2n1Cc1ccc(-c2nnc(C(F)F)o2)cn1. The molecule has 0 amide bonds. The smallest absolute Gasteiger partial charge is 0.326 e. The van der Waals surface area contributed by atoms with E-state index in [-0.39, 0.29) is 16.9 Å². The minimum Gasteiger partial charge on any atom is -0.415 e. The van der Waals surface area contributed by atoms with Crippen LogP contribution in [0.4, 0.5) is 13.2 Å². The summed E-state index contributed by atoms with van der Waals surface area (Å²) in [5, 5.41) is 10.1. The van der Waals surface area contributed by atoms with E-state index in [1.165, 1.54) is 55.2 Å². The highest BCUT2D eigenvalue weighted by Gasteiger charge is 2.17. The Morgan fingerprint density at radius 3 is 2.52 bits per heavy atom. The number of fused-ring (bicyclic) bond motifs is 1. The molecule has 1 aliphatic heterocycles. The van der Waals surface area contributed by atoms with Crippen molar-refractivity contribution in [1.82, 2.24) is 30.0 Å². The fourth-order valence-electron chi connectivity index (χ4n) is 3.36. The summed E-state index contributed by atoms with van der Waals surface area (Å²) >= 11 is 3.07. The number of halogens is 4. The van der Waals surface area contributed by atoms with Crippen LogP contribution in [0.25, 0.3) is 22.5 Å². The molecule has 0 spiro atoms. The third-order valence-electron chi connectivity index (χ3n) is 5.04. The summed E-state index contributed by atoms with van der Waals surface area (Å²) in [6, 6.07) is 5.87. The van der Waals surface area contributed by atoms with Crippen molar-refractivity contribution in [2.45, 2.75) is 32.2 Å². The van der Waals surface area contributed by atoms with Crippen LogP contribution in [0.5, 0.6) is 0 Å². The molecule has 1 saturated heterocycles. The molecular formula is C21H20BrF3N6O2. The molecule has 174 valence electrons. The Bertz CT molecular complexity index is 1270. The maximum absolute atomic E-state index is 13.8. The summed E-state index contributed by atoms with van der Waals surface area (Å²) < 4.78 is 45.3. The van der Waals surface area contributed by atoms with Gasteiger partial charge in [-0.25, -0.2) is 9.18 Å². The van der Waals surface area contributed by atoms with Crippen LogP contribution in [0, 0.1) is 5.82 Å². The van der Waals surface area contributed by atoms with Gasteiger partial charge in [0, 0.05) is 12.3 Å². The molecule has 1 fully saturated rings. The second-order valence-corrected chi connectivity index (χ2v) is 8.25. The van der Waals surface area contributed by atoms with E-state index in [0.29, 0.717) is 22.3 Å². The molecule has 5 rings (SSSR count). The number of aromatic amines is 1. The first-order valence-electron chi connectivity index (χ1n) is 10.3. The van der Waals surface area contributed by atoms with Crippen molar-refractivity contribution in [3.8, 4) is 11.5 Å². The number of aromatic nitrogens is 5. The molecule has 33 heavy (non-hydrogen) atoms. The number of nitrogens with zero attached hydrogens (tertiary/aromatic N) is 4. The Labute approximate surface area is 194 Å². The minimum atomic E-state index is -2.85. The Morgan fingerprint density at radius 2 is 1.94 bits per heavy atom. The van der Waals surface area contributed by atoms with E-state index in [2.05, 4.69) is 41.4 Å². The Hall–Kier alpha value is -2.99. The number of hydrogen-bond donors (Lipinski definition) is 2. The lowest BCUT2D eigenvalue weighted by Crippen LogP contribution is -2.21. The first kappa shape index (κ1) is 23.2. The molecule has 8 nitrogen and oxygen atoms in total. The van der Waals surface area contributed by atoms with Crippen molar-refractivity contribution in [3.63, 3.8) is 0 Å². The average molecular weight is 525 g/mol.